The van der Waals surface area contributed by atoms with Gasteiger partial charge in [-0.3, -0.25) is 4.90 Å². The van der Waals surface area contributed by atoms with E-state index in [2.05, 4.69) is 18.7 Å². The monoisotopic (exact) mass is 190 g/mol. The van der Waals surface area contributed by atoms with E-state index < -0.39 is 0 Å². The van der Waals surface area contributed by atoms with E-state index in [1.165, 1.54) is 0 Å². The molecule has 0 aromatic heterocycles. The van der Waals surface area contributed by atoms with Gasteiger partial charge in [0.25, 0.3) is 0 Å². The van der Waals surface area contributed by atoms with Crippen molar-refractivity contribution in [2.75, 3.05) is 32.8 Å². The molecular weight excluding hydrogens is 172 g/mol. The van der Waals surface area contributed by atoms with Crippen molar-refractivity contribution in [1.29, 1.82) is 0 Å². The topological polar surface area (TPSA) is 38.5 Å². The molecule has 0 aromatic rings. The summed E-state index contributed by atoms with van der Waals surface area (Å²) in [4.78, 5) is 2.21. The van der Waals surface area contributed by atoms with Crippen LogP contribution < -0.4 is 5.73 Å². The van der Waals surface area contributed by atoms with Crippen molar-refractivity contribution in [2.24, 2.45) is 5.73 Å². The summed E-state index contributed by atoms with van der Waals surface area (Å²) in [6.07, 6.45) is 0. The molecule has 12 heavy (non-hydrogen) atoms. The predicted octanol–water partition coefficient (Wildman–Crippen LogP) is 0.631. The van der Waals surface area contributed by atoms with Gasteiger partial charge in [0.05, 0.1) is 6.54 Å². The van der Waals surface area contributed by atoms with Crippen molar-refractivity contribution in [1.82, 2.24) is 4.90 Å². The van der Waals surface area contributed by atoms with Crippen LogP contribution in [0.5, 0.6) is 0 Å². The van der Waals surface area contributed by atoms with Crippen LogP contribution in [0.3, 0.4) is 0 Å². The molecule has 0 aliphatic heterocycles. The van der Waals surface area contributed by atoms with Gasteiger partial charge >= 0.3 is 0 Å². The molecule has 4 heteroatoms. The molecule has 0 fully saturated rings. The van der Waals surface area contributed by atoms with E-state index in [1.807, 2.05) is 0 Å². The number of hydrogen-bond donors (Lipinski definition) is 1. The molecule has 0 saturated heterocycles. The quantitative estimate of drug-likeness (QED) is 0.624. The Morgan fingerprint density at radius 1 is 1.42 bits per heavy atom. The summed E-state index contributed by atoms with van der Waals surface area (Å²) >= 11 is 5.01. The Kier molecular flexibility index (Phi) is 7.34. The number of thiocarbonyl (C=S) groups is 1. The summed E-state index contributed by atoms with van der Waals surface area (Å²) in [7, 11) is 0. The van der Waals surface area contributed by atoms with E-state index in [1.54, 1.807) is 0 Å². The molecule has 2 N–H and O–H groups in total. The Morgan fingerprint density at radius 2 is 2.00 bits per heavy atom. The van der Waals surface area contributed by atoms with Gasteiger partial charge < -0.3 is 10.5 Å². The van der Waals surface area contributed by atoms with Crippen LogP contribution in [0.1, 0.15) is 13.8 Å². The van der Waals surface area contributed by atoms with Crippen molar-refractivity contribution >= 4 is 17.3 Å². The second-order valence-corrected chi connectivity index (χ2v) is 2.93. The Morgan fingerprint density at radius 3 is 2.42 bits per heavy atom. The zero-order valence-electron chi connectivity index (χ0n) is 7.88. The predicted molar refractivity (Wildman–Crippen MR) is 55.4 cm³/mol. The van der Waals surface area contributed by atoms with Gasteiger partial charge in [-0.1, -0.05) is 13.8 Å². The highest BCUT2D eigenvalue weighted by molar-refractivity contribution is 7.80. The summed E-state index contributed by atoms with van der Waals surface area (Å²) in [5, 5.41) is 0.643. The molecule has 0 spiro atoms. The third-order valence-electron chi connectivity index (χ3n) is 1.63. The average Bonchev–Trinajstić information content (AvgIpc) is 2.10. The zero-order chi connectivity index (χ0) is 9.40. The van der Waals surface area contributed by atoms with E-state index >= 15 is 0 Å². The number of nitrogens with zero attached hydrogens (tertiary/aromatic N) is 1. The molecule has 72 valence electrons. The van der Waals surface area contributed by atoms with Crippen LogP contribution in [-0.2, 0) is 4.74 Å². The second kappa shape index (κ2) is 7.46. The van der Waals surface area contributed by atoms with Crippen LogP contribution >= 0.6 is 12.2 Å². The SMILES string of the molecule is CCN(CC)CC(=S)OCCN. The minimum Gasteiger partial charge on any atom is -0.484 e. The molecule has 0 aromatic carbocycles. The minimum absolute atomic E-state index is 0.526. The van der Waals surface area contributed by atoms with Gasteiger partial charge in [-0.15, -0.1) is 0 Å². The molecule has 0 atom stereocenters. The Hall–Kier alpha value is -0.190. The Balaban J connectivity index is 3.52. The molecule has 0 aliphatic carbocycles. The summed E-state index contributed by atoms with van der Waals surface area (Å²) < 4.78 is 5.19. The lowest BCUT2D eigenvalue weighted by Gasteiger charge is -2.18. The number of likely N-dealkylation sites (N-methyl/N-ethyl adjacent to an activating group) is 1. The van der Waals surface area contributed by atoms with Gasteiger partial charge in [0.15, 0.2) is 5.05 Å². The minimum atomic E-state index is 0.526. The molecule has 0 amide bonds. The first-order valence-corrected chi connectivity index (χ1v) is 4.73. The van der Waals surface area contributed by atoms with Crippen molar-refractivity contribution in [3.8, 4) is 0 Å². The largest absolute Gasteiger partial charge is 0.484 e. The van der Waals surface area contributed by atoms with Gasteiger partial charge in [0.1, 0.15) is 6.61 Å². The molecule has 0 bridgehead atoms. The lowest BCUT2D eigenvalue weighted by molar-refractivity contribution is 0.277. The molecule has 0 heterocycles. The maximum Gasteiger partial charge on any atom is 0.173 e. The lowest BCUT2D eigenvalue weighted by atomic mass is 10.5. The molecule has 0 radical (unpaired) electrons. The summed E-state index contributed by atoms with van der Waals surface area (Å²) in [5.41, 5.74) is 5.27. The highest BCUT2D eigenvalue weighted by Gasteiger charge is 2.03. The molecule has 0 unspecified atom stereocenters. The van der Waals surface area contributed by atoms with Crippen LogP contribution in [-0.4, -0.2) is 42.7 Å². The van der Waals surface area contributed by atoms with Gasteiger partial charge in [-0.2, -0.15) is 0 Å². The number of ether oxygens (including phenoxy) is 1. The molecule has 0 rings (SSSR count). The fourth-order valence-corrected chi connectivity index (χ4v) is 1.11. The van der Waals surface area contributed by atoms with Crippen molar-refractivity contribution in [3.63, 3.8) is 0 Å². The van der Waals surface area contributed by atoms with Crippen molar-refractivity contribution < 1.29 is 4.74 Å². The van der Waals surface area contributed by atoms with E-state index in [0.29, 0.717) is 18.2 Å². The molecular formula is C8H18N2OS. The zero-order valence-corrected chi connectivity index (χ0v) is 8.69. The normalized spacial score (nSPS) is 10.3. The van der Waals surface area contributed by atoms with E-state index in [9.17, 15) is 0 Å². The third kappa shape index (κ3) is 5.46. The van der Waals surface area contributed by atoms with Gasteiger partial charge in [0.2, 0.25) is 0 Å². The Bertz CT molecular complexity index is 126. The van der Waals surface area contributed by atoms with Crippen LogP contribution in [0.25, 0.3) is 0 Å². The maximum absolute atomic E-state index is 5.27. The van der Waals surface area contributed by atoms with Crippen LogP contribution in [0.2, 0.25) is 0 Å². The molecule has 0 aliphatic rings. The smallest absolute Gasteiger partial charge is 0.173 e. The fourth-order valence-electron chi connectivity index (χ4n) is 0.848. The fraction of sp³-hybridized carbons (Fsp3) is 0.875. The van der Waals surface area contributed by atoms with Gasteiger partial charge in [0, 0.05) is 6.54 Å². The van der Waals surface area contributed by atoms with Crippen molar-refractivity contribution in [3.05, 3.63) is 0 Å². The Labute approximate surface area is 79.9 Å². The van der Waals surface area contributed by atoms with Gasteiger partial charge in [-0.05, 0) is 25.3 Å². The summed E-state index contributed by atoms with van der Waals surface area (Å²) in [5.74, 6) is 0. The average molecular weight is 190 g/mol. The van der Waals surface area contributed by atoms with Gasteiger partial charge in [-0.25, -0.2) is 0 Å². The summed E-state index contributed by atoms with van der Waals surface area (Å²) in [6, 6.07) is 0. The van der Waals surface area contributed by atoms with Crippen LogP contribution in [0, 0.1) is 0 Å². The number of rotatable bonds is 6. The standard InChI is InChI=1S/C8H18N2OS/c1-3-10(4-2)7-8(12)11-6-5-9/h3-7,9H2,1-2H3. The molecule has 0 saturated carbocycles. The van der Waals surface area contributed by atoms with Crippen molar-refractivity contribution in [2.45, 2.75) is 13.8 Å². The molecule has 3 nitrogen and oxygen atoms in total. The van der Waals surface area contributed by atoms with Crippen LogP contribution in [0.4, 0.5) is 0 Å². The summed E-state index contributed by atoms with van der Waals surface area (Å²) in [6.45, 7) is 8.01. The second-order valence-electron chi connectivity index (χ2n) is 2.47. The lowest BCUT2D eigenvalue weighted by Crippen LogP contribution is -2.30. The third-order valence-corrected chi connectivity index (χ3v) is 1.87. The first-order valence-electron chi connectivity index (χ1n) is 4.32. The maximum atomic E-state index is 5.27. The highest BCUT2D eigenvalue weighted by atomic mass is 32.1. The van der Waals surface area contributed by atoms with E-state index in [-0.39, 0.29) is 0 Å². The first-order chi connectivity index (χ1) is 5.74. The van der Waals surface area contributed by atoms with Crippen LogP contribution in [0.15, 0.2) is 0 Å². The highest BCUT2D eigenvalue weighted by Crippen LogP contribution is 1.90. The van der Waals surface area contributed by atoms with E-state index in [0.717, 1.165) is 19.6 Å². The first kappa shape index (κ1) is 11.8. The number of hydrogen-bond acceptors (Lipinski definition) is 4. The van der Waals surface area contributed by atoms with E-state index in [4.69, 9.17) is 22.7 Å². The number of nitrogens with two attached hydrogens (primary N) is 1.